The van der Waals surface area contributed by atoms with Gasteiger partial charge in [0.05, 0.1) is 30.2 Å². The van der Waals surface area contributed by atoms with Gasteiger partial charge in [-0.25, -0.2) is 4.79 Å². The first-order valence-electron chi connectivity index (χ1n) is 6.99. The minimum Gasteiger partial charge on any atom is -0.465 e. The summed E-state index contributed by atoms with van der Waals surface area (Å²) in [5.74, 6) is -0.403. The zero-order valence-corrected chi connectivity index (χ0v) is 12.7. The monoisotopic (exact) mass is 293 g/mol. The molecule has 1 aromatic carbocycles. The van der Waals surface area contributed by atoms with Crippen LogP contribution in [0.4, 0.5) is 11.4 Å². The third-order valence-corrected chi connectivity index (χ3v) is 3.73. The van der Waals surface area contributed by atoms with E-state index in [1.54, 1.807) is 12.1 Å². The van der Waals surface area contributed by atoms with Gasteiger partial charge in [0.25, 0.3) is 0 Å². The first-order valence-corrected chi connectivity index (χ1v) is 6.99. The summed E-state index contributed by atoms with van der Waals surface area (Å²) in [6.07, 6.45) is 0.366. The maximum absolute atomic E-state index is 11.5. The van der Waals surface area contributed by atoms with Crippen LogP contribution >= 0.6 is 0 Å². The lowest BCUT2D eigenvalue weighted by Crippen LogP contribution is -2.38. The number of ether oxygens (including phenoxy) is 1. The molecule has 2 unspecified atom stereocenters. The van der Waals surface area contributed by atoms with Gasteiger partial charge >= 0.3 is 5.97 Å². The number of hydrogen-bond donors (Lipinski definition) is 2. The average molecular weight is 293 g/mol. The van der Waals surface area contributed by atoms with Crippen LogP contribution in [0.3, 0.4) is 0 Å². The molecule has 1 aromatic rings. The third kappa shape index (κ3) is 3.46. The number of benzene rings is 1. The van der Waals surface area contributed by atoms with E-state index in [0.29, 0.717) is 17.8 Å². The second-order valence-corrected chi connectivity index (χ2v) is 5.72. The van der Waals surface area contributed by atoms with Crippen molar-refractivity contribution in [2.24, 2.45) is 0 Å². The number of aliphatic hydroxyl groups is 1. The van der Waals surface area contributed by atoms with Gasteiger partial charge in [-0.3, -0.25) is 0 Å². The van der Waals surface area contributed by atoms with Gasteiger partial charge in [0.15, 0.2) is 0 Å². The summed E-state index contributed by atoms with van der Waals surface area (Å²) in [7, 11) is 5.36. The summed E-state index contributed by atoms with van der Waals surface area (Å²) in [6.45, 7) is 1.40. The van der Waals surface area contributed by atoms with E-state index >= 15 is 0 Å². The number of rotatable bonds is 4. The van der Waals surface area contributed by atoms with Crippen LogP contribution < -0.4 is 10.6 Å². The van der Waals surface area contributed by atoms with Gasteiger partial charge in [-0.05, 0) is 38.7 Å². The molecule has 0 amide bonds. The molecule has 0 aliphatic carbocycles. The minimum absolute atomic E-state index is 0.210. The Bertz CT molecular complexity index is 519. The zero-order chi connectivity index (χ0) is 15.6. The normalized spacial score (nSPS) is 21.9. The number of β-amino-alcohol motifs (C(OH)–C–C–N with tert-alkyl or cyclic N) is 1. The number of hydrogen-bond acceptors (Lipinski definition) is 6. The maximum Gasteiger partial charge on any atom is 0.337 e. The van der Waals surface area contributed by atoms with Crippen molar-refractivity contribution in [3.05, 3.63) is 23.8 Å². The molecule has 116 valence electrons. The van der Waals surface area contributed by atoms with Crippen LogP contribution in [-0.2, 0) is 4.74 Å². The fraction of sp³-hybridized carbons (Fsp3) is 0.533. The summed E-state index contributed by atoms with van der Waals surface area (Å²) >= 11 is 0. The molecular formula is C15H23N3O3. The number of methoxy groups -OCH3 is 1. The highest BCUT2D eigenvalue weighted by Gasteiger charge is 2.32. The number of nitrogens with two attached hydrogens (primary N) is 1. The molecular weight excluding hydrogens is 270 g/mol. The Hall–Kier alpha value is -1.79. The quantitative estimate of drug-likeness (QED) is 0.624. The van der Waals surface area contributed by atoms with Crippen LogP contribution in [0.25, 0.3) is 0 Å². The summed E-state index contributed by atoms with van der Waals surface area (Å²) in [4.78, 5) is 15.7. The molecule has 6 nitrogen and oxygen atoms in total. The van der Waals surface area contributed by atoms with Crippen molar-refractivity contribution in [3.8, 4) is 0 Å². The largest absolute Gasteiger partial charge is 0.465 e. The molecule has 0 bridgehead atoms. The van der Waals surface area contributed by atoms with E-state index in [0.717, 1.165) is 18.7 Å². The second kappa shape index (κ2) is 6.32. The SMILES string of the molecule is COC(=O)c1ccc(N2CC(O)CC2CN(C)C)c(N)c1. The van der Waals surface area contributed by atoms with Crippen LogP contribution in [0.5, 0.6) is 0 Å². The summed E-state index contributed by atoms with van der Waals surface area (Å²) in [6, 6.07) is 5.36. The summed E-state index contributed by atoms with van der Waals surface area (Å²) in [5, 5.41) is 9.94. The molecule has 1 heterocycles. The van der Waals surface area contributed by atoms with Gasteiger partial charge in [0.1, 0.15) is 0 Å². The molecule has 0 aromatic heterocycles. The number of likely N-dealkylation sites (N-methyl/N-ethyl adjacent to an activating group) is 1. The van der Waals surface area contributed by atoms with Crippen molar-refractivity contribution in [3.63, 3.8) is 0 Å². The van der Waals surface area contributed by atoms with Crippen molar-refractivity contribution in [1.29, 1.82) is 0 Å². The van der Waals surface area contributed by atoms with Gasteiger partial charge in [-0.15, -0.1) is 0 Å². The van der Waals surface area contributed by atoms with Crippen molar-refractivity contribution in [1.82, 2.24) is 4.90 Å². The van der Waals surface area contributed by atoms with Crippen molar-refractivity contribution in [2.75, 3.05) is 44.9 Å². The van der Waals surface area contributed by atoms with E-state index < -0.39 is 5.97 Å². The summed E-state index contributed by atoms with van der Waals surface area (Å²) in [5.41, 5.74) is 7.90. The Labute approximate surface area is 125 Å². The lowest BCUT2D eigenvalue weighted by atomic mass is 10.1. The predicted molar refractivity (Wildman–Crippen MR) is 82.5 cm³/mol. The van der Waals surface area contributed by atoms with E-state index in [9.17, 15) is 9.90 Å². The van der Waals surface area contributed by atoms with Crippen LogP contribution in [-0.4, -0.2) is 62.4 Å². The molecule has 21 heavy (non-hydrogen) atoms. The Kier molecular flexibility index (Phi) is 4.69. The van der Waals surface area contributed by atoms with E-state index in [-0.39, 0.29) is 12.1 Å². The second-order valence-electron chi connectivity index (χ2n) is 5.72. The first kappa shape index (κ1) is 15.6. The number of nitrogen functional groups attached to an aromatic ring is 1. The van der Waals surface area contributed by atoms with Gasteiger partial charge in [-0.2, -0.15) is 0 Å². The lowest BCUT2D eigenvalue weighted by Gasteiger charge is -2.29. The first-order chi connectivity index (χ1) is 9.92. The third-order valence-electron chi connectivity index (χ3n) is 3.73. The van der Waals surface area contributed by atoms with E-state index in [4.69, 9.17) is 10.5 Å². The molecule has 0 saturated carbocycles. The Morgan fingerprint density at radius 2 is 2.24 bits per heavy atom. The predicted octanol–water partition coefficient (Wildman–Crippen LogP) is 0.557. The minimum atomic E-state index is -0.403. The molecule has 0 spiro atoms. The Morgan fingerprint density at radius 1 is 1.52 bits per heavy atom. The number of nitrogens with zero attached hydrogens (tertiary/aromatic N) is 2. The smallest absolute Gasteiger partial charge is 0.337 e. The van der Waals surface area contributed by atoms with Gasteiger partial charge < -0.3 is 25.4 Å². The van der Waals surface area contributed by atoms with Crippen LogP contribution in [0.2, 0.25) is 0 Å². The topological polar surface area (TPSA) is 79.0 Å². The average Bonchev–Trinajstić information content (AvgIpc) is 2.77. The number of aliphatic hydroxyl groups excluding tert-OH is 1. The summed E-state index contributed by atoms with van der Waals surface area (Å²) < 4.78 is 4.69. The maximum atomic E-state index is 11.5. The van der Waals surface area contributed by atoms with E-state index in [1.807, 2.05) is 20.2 Å². The molecule has 1 aliphatic rings. The van der Waals surface area contributed by atoms with Gasteiger partial charge in [-0.1, -0.05) is 0 Å². The standard InChI is InChI=1S/C15H23N3O3/c1-17(2)8-11-7-12(19)9-18(11)14-5-4-10(6-13(14)16)15(20)21-3/h4-6,11-12,19H,7-9,16H2,1-3H3. The molecule has 2 atom stereocenters. The van der Waals surface area contributed by atoms with Crippen molar-refractivity contribution in [2.45, 2.75) is 18.6 Å². The number of carbonyl (C=O) groups is 1. The Balaban J connectivity index is 2.25. The fourth-order valence-electron chi connectivity index (χ4n) is 2.84. The molecule has 2 rings (SSSR count). The molecule has 1 saturated heterocycles. The van der Waals surface area contributed by atoms with Crippen LogP contribution in [0.1, 0.15) is 16.8 Å². The zero-order valence-electron chi connectivity index (χ0n) is 12.7. The van der Waals surface area contributed by atoms with Crippen LogP contribution in [0.15, 0.2) is 18.2 Å². The highest BCUT2D eigenvalue weighted by Crippen LogP contribution is 2.31. The molecule has 1 fully saturated rings. The van der Waals surface area contributed by atoms with Gasteiger partial charge in [0, 0.05) is 19.1 Å². The molecule has 0 radical (unpaired) electrons. The Morgan fingerprint density at radius 3 is 2.81 bits per heavy atom. The van der Waals surface area contributed by atoms with E-state index in [1.165, 1.54) is 7.11 Å². The van der Waals surface area contributed by atoms with E-state index in [2.05, 4.69) is 9.80 Å². The number of carbonyl (C=O) groups excluding carboxylic acids is 1. The highest BCUT2D eigenvalue weighted by molar-refractivity contribution is 5.92. The highest BCUT2D eigenvalue weighted by atomic mass is 16.5. The molecule has 3 N–H and O–H groups in total. The number of esters is 1. The molecule has 1 aliphatic heterocycles. The van der Waals surface area contributed by atoms with Crippen LogP contribution in [0, 0.1) is 0 Å². The number of anilines is 2. The van der Waals surface area contributed by atoms with Crippen molar-refractivity contribution < 1.29 is 14.6 Å². The molecule has 6 heteroatoms. The fourth-order valence-corrected chi connectivity index (χ4v) is 2.84. The van der Waals surface area contributed by atoms with Crippen molar-refractivity contribution >= 4 is 17.3 Å². The lowest BCUT2D eigenvalue weighted by molar-refractivity contribution is 0.0601. The van der Waals surface area contributed by atoms with Gasteiger partial charge in [0.2, 0.25) is 0 Å².